The molecule has 0 saturated heterocycles. The number of phenols is 1. The zero-order chi connectivity index (χ0) is 27.6. The molecule has 1 amide bonds. The molecule has 5 rings (SSSR count). The lowest BCUT2D eigenvalue weighted by atomic mass is 9.77. The molecule has 9 nitrogen and oxygen atoms in total. The zero-order valence-electron chi connectivity index (χ0n) is 19.3. The van der Waals surface area contributed by atoms with Gasteiger partial charge in [0.15, 0.2) is 23.0 Å². The standard InChI is InChI=1S/C23H17F6N7O2/c1-21(10-2-3-14(37)11(24)8-10)15-16(30)33-17(34-18(15)35-20(21)38)13-9-36-7-6-31-19(36)12(32-13)4-5-22(25,26)23(27,28)29/h2-3,6-9,37H,4-5H2,1H3,(H3,30,33,34,35,38)/t21-/m0/s1. The van der Waals surface area contributed by atoms with Crippen LogP contribution in [-0.4, -0.2) is 47.4 Å². The van der Waals surface area contributed by atoms with Gasteiger partial charge in [-0.15, -0.1) is 0 Å². The summed E-state index contributed by atoms with van der Waals surface area (Å²) in [6.45, 7) is 1.47. The second-order valence-electron chi connectivity index (χ2n) is 8.83. The van der Waals surface area contributed by atoms with Gasteiger partial charge in [0.25, 0.3) is 0 Å². The number of phenolic OH excluding ortho intramolecular Hbond substituents is 1. The molecule has 1 aliphatic heterocycles. The number of nitrogens with two attached hydrogens (primary N) is 1. The van der Waals surface area contributed by atoms with E-state index in [-0.39, 0.29) is 45.6 Å². The number of amides is 1. The molecule has 0 saturated carbocycles. The highest BCUT2D eigenvalue weighted by molar-refractivity contribution is 6.09. The highest BCUT2D eigenvalue weighted by Crippen LogP contribution is 2.45. The maximum absolute atomic E-state index is 14.1. The van der Waals surface area contributed by atoms with E-state index in [2.05, 4.69) is 25.3 Å². The summed E-state index contributed by atoms with van der Waals surface area (Å²) in [5, 5.41) is 12.1. The molecule has 3 aromatic heterocycles. The Balaban J connectivity index is 1.57. The lowest BCUT2D eigenvalue weighted by Crippen LogP contribution is -2.36. The van der Waals surface area contributed by atoms with Crippen LogP contribution in [0.3, 0.4) is 0 Å². The molecule has 0 spiro atoms. The van der Waals surface area contributed by atoms with Gasteiger partial charge in [-0.25, -0.2) is 24.3 Å². The number of benzene rings is 1. The minimum absolute atomic E-state index is 0.0221. The Kier molecular flexibility index (Phi) is 5.50. The lowest BCUT2D eigenvalue weighted by Gasteiger charge is -2.23. The number of carbonyl (C=O) groups is 1. The third-order valence-corrected chi connectivity index (χ3v) is 6.41. The van der Waals surface area contributed by atoms with Crippen LogP contribution < -0.4 is 11.1 Å². The van der Waals surface area contributed by atoms with E-state index in [1.165, 1.54) is 36.0 Å². The van der Waals surface area contributed by atoms with E-state index in [1.54, 1.807) is 0 Å². The fourth-order valence-electron chi connectivity index (χ4n) is 4.30. The number of anilines is 2. The van der Waals surface area contributed by atoms with Gasteiger partial charge in [0.05, 0.1) is 11.3 Å². The first kappa shape index (κ1) is 25.2. The number of hydrogen-bond donors (Lipinski definition) is 3. The second-order valence-corrected chi connectivity index (χ2v) is 8.83. The molecule has 38 heavy (non-hydrogen) atoms. The summed E-state index contributed by atoms with van der Waals surface area (Å²) >= 11 is 0. The van der Waals surface area contributed by atoms with Crippen molar-refractivity contribution in [3.05, 3.63) is 59.4 Å². The molecule has 0 aliphatic carbocycles. The fourth-order valence-corrected chi connectivity index (χ4v) is 4.30. The van der Waals surface area contributed by atoms with E-state index in [0.717, 1.165) is 12.1 Å². The Morgan fingerprint density at radius 3 is 2.58 bits per heavy atom. The number of carbonyl (C=O) groups excluding carboxylic acids is 1. The topological polar surface area (TPSA) is 131 Å². The molecular formula is C23H17F6N7O2. The largest absolute Gasteiger partial charge is 0.505 e. The SMILES string of the molecule is C[C@@]1(c2ccc(O)c(F)c2)C(=O)Nc2nc(-c3cn4ccnc4c(CCC(F)(F)C(F)(F)F)n3)nc(N)c21. The first-order chi connectivity index (χ1) is 17.7. The number of imidazole rings is 1. The van der Waals surface area contributed by atoms with Crippen LogP contribution in [0, 0.1) is 5.82 Å². The molecule has 0 fully saturated rings. The summed E-state index contributed by atoms with van der Waals surface area (Å²) in [5.74, 6) is -7.47. The van der Waals surface area contributed by atoms with E-state index < -0.39 is 47.8 Å². The van der Waals surface area contributed by atoms with E-state index in [9.17, 15) is 36.2 Å². The van der Waals surface area contributed by atoms with Gasteiger partial charge >= 0.3 is 12.1 Å². The van der Waals surface area contributed by atoms with Crippen LogP contribution in [0.25, 0.3) is 17.2 Å². The number of fused-ring (bicyclic) bond motifs is 2. The van der Waals surface area contributed by atoms with Crippen molar-refractivity contribution < 1.29 is 36.2 Å². The first-order valence-corrected chi connectivity index (χ1v) is 11.0. The number of nitrogens with one attached hydrogen (secondary N) is 1. The fraction of sp³-hybridized carbons (Fsp3) is 0.261. The van der Waals surface area contributed by atoms with Gasteiger partial charge in [-0.2, -0.15) is 22.0 Å². The first-order valence-electron chi connectivity index (χ1n) is 11.0. The number of aromatic nitrogens is 5. The molecule has 0 unspecified atom stereocenters. The number of rotatable bonds is 5. The van der Waals surface area contributed by atoms with Gasteiger partial charge in [-0.1, -0.05) is 6.07 Å². The Morgan fingerprint density at radius 2 is 1.89 bits per heavy atom. The summed E-state index contributed by atoms with van der Waals surface area (Å²) in [5.41, 5.74) is 4.83. The van der Waals surface area contributed by atoms with Gasteiger partial charge in [0, 0.05) is 25.0 Å². The van der Waals surface area contributed by atoms with Gasteiger partial charge in [0.1, 0.15) is 22.7 Å². The van der Waals surface area contributed by atoms with Crippen molar-refractivity contribution >= 4 is 23.2 Å². The van der Waals surface area contributed by atoms with Gasteiger partial charge in [-0.3, -0.25) is 4.79 Å². The summed E-state index contributed by atoms with van der Waals surface area (Å²) in [4.78, 5) is 29.6. The number of nitrogen functional groups attached to an aromatic ring is 1. The van der Waals surface area contributed by atoms with Crippen LogP contribution in [0.1, 0.15) is 30.2 Å². The zero-order valence-corrected chi connectivity index (χ0v) is 19.3. The summed E-state index contributed by atoms with van der Waals surface area (Å²) in [6, 6.07) is 3.41. The smallest absolute Gasteiger partial charge is 0.453 e. The van der Waals surface area contributed by atoms with E-state index in [0.29, 0.717) is 0 Å². The van der Waals surface area contributed by atoms with Gasteiger partial charge in [-0.05, 0) is 31.0 Å². The van der Waals surface area contributed by atoms with Crippen molar-refractivity contribution in [2.24, 2.45) is 0 Å². The monoisotopic (exact) mass is 537 g/mol. The molecule has 4 aromatic rings. The summed E-state index contributed by atoms with van der Waals surface area (Å²) in [7, 11) is 0. The predicted octanol–water partition coefficient (Wildman–Crippen LogP) is 4.00. The third kappa shape index (κ3) is 3.85. The van der Waals surface area contributed by atoms with Gasteiger partial charge < -0.3 is 20.6 Å². The molecule has 1 atom stereocenters. The Bertz CT molecular complexity index is 1600. The highest BCUT2D eigenvalue weighted by Gasteiger charge is 2.56. The highest BCUT2D eigenvalue weighted by atomic mass is 19.4. The quantitative estimate of drug-likeness (QED) is 0.328. The molecule has 0 radical (unpaired) electrons. The number of halogens is 6. The molecule has 198 valence electrons. The number of nitrogens with zero attached hydrogens (tertiary/aromatic N) is 5. The van der Waals surface area contributed by atoms with Crippen LogP contribution in [0.4, 0.5) is 38.0 Å². The van der Waals surface area contributed by atoms with Crippen LogP contribution in [0.5, 0.6) is 5.75 Å². The average Bonchev–Trinajstić information content (AvgIpc) is 3.41. The third-order valence-electron chi connectivity index (χ3n) is 6.41. The number of hydrogen-bond acceptors (Lipinski definition) is 7. The van der Waals surface area contributed by atoms with Crippen LogP contribution in [0.2, 0.25) is 0 Å². The molecule has 1 aromatic carbocycles. The van der Waals surface area contributed by atoms with Crippen LogP contribution in [-0.2, 0) is 16.6 Å². The summed E-state index contributed by atoms with van der Waals surface area (Å²) < 4.78 is 80.6. The number of aromatic hydroxyl groups is 1. The van der Waals surface area contributed by atoms with Crippen molar-refractivity contribution in [2.45, 2.75) is 37.3 Å². The van der Waals surface area contributed by atoms with Crippen molar-refractivity contribution in [1.82, 2.24) is 24.3 Å². The van der Waals surface area contributed by atoms with E-state index in [1.807, 2.05) is 0 Å². The molecule has 0 bridgehead atoms. The number of aryl methyl sites for hydroxylation is 1. The summed E-state index contributed by atoms with van der Waals surface area (Å²) in [6.07, 6.45) is -3.92. The number of alkyl halides is 5. The molecule has 15 heteroatoms. The normalized spacial score (nSPS) is 17.6. The second kappa shape index (κ2) is 8.29. The van der Waals surface area contributed by atoms with E-state index in [4.69, 9.17) is 5.73 Å². The van der Waals surface area contributed by atoms with Gasteiger partial charge in [0.2, 0.25) is 5.91 Å². The molecule has 4 N–H and O–H groups in total. The average molecular weight is 537 g/mol. The van der Waals surface area contributed by atoms with Crippen LogP contribution >= 0.6 is 0 Å². The lowest BCUT2D eigenvalue weighted by molar-refractivity contribution is -0.284. The van der Waals surface area contributed by atoms with Crippen molar-refractivity contribution in [1.29, 1.82) is 0 Å². The molecule has 1 aliphatic rings. The minimum atomic E-state index is -5.72. The Hall–Kier alpha value is -4.43. The molecule has 4 heterocycles. The minimum Gasteiger partial charge on any atom is -0.505 e. The maximum Gasteiger partial charge on any atom is 0.453 e. The van der Waals surface area contributed by atoms with E-state index >= 15 is 0 Å². The Labute approximate surface area is 209 Å². The van der Waals surface area contributed by atoms with Crippen molar-refractivity contribution in [3.63, 3.8) is 0 Å². The van der Waals surface area contributed by atoms with Crippen molar-refractivity contribution in [2.75, 3.05) is 11.1 Å². The van der Waals surface area contributed by atoms with Crippen molar-refractivity contribution in [3.8, 4) is 17.3 Å². The Morgan fingerprint density at radius 1 is 1.16 bits per heavy atom. The predicted molar refractivity (Wildman–Crippen MR) is 121 cm³/mol. The maximum atomic E-state index is 14.1. The molecular weight excluding hydrogens is 520 g/mol. The van der Waals surface area contributed by atoms with Crippen LogP contribution in [0.15, 0.2) is 36.8 Å².